The van der Waals surface area contributed by atoms with Gasteiger partial charge >= 0.3 is 0 Å². The molecule has 0 aromatic heterocycles. The highest BCUT2D eigenvalue weighted by atomic mass is 19.1. The molecule has 1 amide bonds. The van der Waals surface area contributed by atoms with Crippen LogP contribution in [0.5, 0.6) is 0 Å². The van der Waals surface area contributed by atoms with Gasteiger partial charge in [0, 0.05) is 12.6 Å². The van der Waals surface area contributed by atoms with Crippen LogP contribution < -0.4 is 0 Å². The van der Waals surface area contributed by atoms with Crippen LogP contribution in [-0.4, -0.2) is 58.9 Å². The van der Waals surface area contributed by atoms with Gasteiger partial charge in [0.2, 0.25) is 0 Å². The molecule has 2 aliphatic rings. The van der Waals surface area contributed by atoms with Gasteiger partial charge in [-0.05, 0) is 85.8 Å². The number of hydrogen-bond donors (Lipinski definition) is 1. The monoisotopic (exact) mass is 539 g/mol. The molecule has 0 aliphatic carbocycles. The van der Waals surface area contributed by atoms with Crippen molar-refractivity contribution in [2.45, 2.75) is 37.3 Å². The average molecular weight is 540 g/mol. The third-order valence-corrected chi connectivity index (χ3v) is 7.65. The van der Waals surface area contributed by atoms with Crippen LogP contribution in [0.2, 0.25) is 0 Å². The first-order valence-electron chi connectivity index (χ1n) is 12.9. The van der Waals surface area contributed by atoms with Crippen LogP contribution in [0.1, 0.15) is 42.4 Å². The lowest BCUT2D eigenvalue weighted by atomic mass is 9.82. The molecule has 2 heterocycles. The number of nitrogens with zero attached hydrogens (tertiary/aromatic N) is 3. The summed E-state index contributed by atoms with van der Waals surface area (Å²) in [5.41, 5.74) is -0.147. The van der Waals surface area contributed by atoms with E-state index in [2.05, 4.69) is 4.90 Å². The summed E-state index contributed by atoms with van der Waals surface area (Å²) in [5, 5.41) is 10.9. The number of carbonyl (C=O) groups excluding carboxylic acids is 1. The van der Waals surface area contributed by atoms with E-state index < -0.39 is 40.8 Å². The van der Waals surface area contributed by atoms with E-state index in [1.54, 1.807) is 6.92 Å². The minimum absolute atomic E-state index is 0.00910. The number of aliphatic hydroxyl groups excluding tert-OH is 1. The van der Waals surface area contributed by atoms with Gasteiger partial charge in [-0.15, -0.1) is 0 Å². The molecule has 5 rings (SSSR count). The second kappa shape index (κ2) is 10.9. The zero-order valence-electron chi connectivity index (χ0n) is 21.5. The molecule has 1 fully saturated rings. The molecule has 1 saturated heterocycles. The first-order chi connectivity index (χ1) is 18.7. The standard InChI is InChI=1S/C30H29F4N3O2/c1-19-35-30(21-2-6-23(31)7-3-21,22-4-8-24(32)9-5-22)29(39)37(19)18-26(38)17-36-14-12-20(13-15-36)27-11-10-25(33)16-28(27)34/h2-11,16,20,26,38H,12-15,17-18H2,1H3. The fourth-order valence-electron chi connectivity index (χ4n) is 5.66. The van der Waals surface area contributed by atoms with Crippen LogP contribution in [-0.2, 0) is 10.3 Å². The van der Waals surface area contributed by atoms with Gasteiger partial charge in [0.1, 0.15) is 29.1 Å². The number of carbonyl (C=O) groups is 1. The fourth-order valence-corrected chi connectivity index (χ4v) is 5.66. The number of hydrogen-bond acceptors (Lipinski definition) is 4. The number of aliphatic hydroxyl groups is 1. The van der Waals surface area contributed by atoms with E-state index in [4.69, 9.17) is 4.99 Å². The summed E-state index contributed by atoms with van der Waals surface area (Å²) in [4.78, 5) is 22.1. The summed E-state index contributed by atoms with van der Waals surface area (Å²) in [6.45, 7) is 3.20. The first-order valence-corrected chi connectivity index (χ1v) is 12.9. The lowest BCUT2D eigenvalue weighted by Gasteiger charge is -2.34. The Bertz CT molecular complexity index is 1320. The van der Waals surface area contributed by atoms with Crippen LogP contribution in [0.4, 0.5) is 17.6 Å². The minimum atomic E-state index is -1.53. The molecule has 39 heavy (non-hydrogen) atoms. The maximum Gasteiger partial charge on any atom is 0.265 e. The van der Waals surface area contributed by atoms with E-state index in [9.17, 15) is 27.5 Å². The van der Waals surface area contributed by atoms with Crippen LogP contribution in [0.15, 0.2) is 71.7 Å². The van der Waals surface area contributed by atoms with Gasteiger partial charge in [0.25, 0.3) is 5.91 Å². The summed E-state index contributed by atoms with van der Waals surface area (Å²) in [6.07, 6.45) is 0.434. The van der Waals surface area contributed by atoms with Crippen molar-refractivity contribution in [2.24, 2.45) is 4.99 Å². The van der Waals surface area contributed by atoms with Crippen molar-refractivity contribution < 1.29 is 27.5 Å². The zero-order chi connectivity index (χ0) is 27.7. The van der Waals surface area contributed by atoms with Crippen molar-refractivity contribution in [3.63, 3.8) is 0 Å². The SMILES string of the molecule is CC1=NC(c2ccc(F)cc2)(c2ccc(F)cc2)C(=O)N1CC(O)CN1CCC(c2ccc(F)cc2F)CC1. The molecule has 1 N–H and O–H groups in total. The smallest absolute Gasteiger partial charge is 0.265 e. The molecule has 0 saturated carbocycles. The average Bonchev–Trinajstić information content (AvgIpc) is 3.16. The van der Waals surface area contributed by atoms with E-state index in [0.29, 0.717) is 55.0 Å². The first kappa shape index (κ1) is 27.0. The molecular formula is C30H29F4N3O2. The Hall–Kier alpha value is -3.56. The summed E-state index contributed by atoms with van der Waals surface area (Å²) in [7, 11) is 0. The highest BCUT2D eigenvalue weighted by molar-refractivity contribution is 6.09. The molecule has 2 aliphatic heterocycles. The van der Waals surface area contributed by atoms with Crippen LogP contribution in [0, 0.1) is 23.3 Å². The number of halogens is 4. The number of piperidine rings is 1. The van der Waals surface area contributed by atoms with E-state index in [0.717, 1.165) is 6.07 Å². The van der Waals surface area contributed by atoms with Crippen LogP contribution in [0.3, 0.4) is 0 Å². The van der Waals surface area contributed by atoms with Crippen LogP contribution in [0.25, 0.3) is 0 Å². The molecule has 204 valence electrons. The molecule has 5 nitrogen and oxygen atoms in total. The molecule has 1 atom stereocenters. The summed E-state index contributed by atoms with van der Waals surface area (Å²) < 4.78 is 54.9. The van der Waals surface area contributed by atoms with Crippen molar-refractivity contribution in [2.75, 3.05) is 26.2 Å². The van der Waals surface area contributed by atoms with Gasteiger partial charge in [-0.2, -0.15) is 0 Å². The Morgan fingerprint density at radius 3 is 1.95 bits per heavy atom. The molecule has 0 spiro atoms. The predicted octanol–water partition coefficient (Wildman–Crippen LogP) is 4.99. The van der Waals surface area contributed by atoms with Crippen molar-refractivity contribution in [1.82, 2.24) is 9.80 Å². The van der Waals surface area contributed by atoms with E-state index in [1.165, 1.54) is 65.6 Å². The third kappa shape index (κ3) is 5.33. The zero-order valence-corrected chi connectivity index (χ0v) is 21.5. The Kier molecular flexibility index (Phi) is 7.55. The quantitative estimate of drug-likeness (QED) is 0.431. The Morgan fingerprint density at radius 1 is 0.872 bits per heavy atom. The normalized spacial score (nSPS) is 18.9. The topological polar surface area (TPSA) is 56.1 Å². The number of amidine groups is 1. The van der Waals surface area contributed by atoms with E-state index in [-0.39, 0.29) is 12.5 Å². The lowest BCUT2D eigenvalue weighted by molar-refractivity contribution is -0.131. The van der Waals surface area contributed by atoms with Gasteiger partial charge in [-0.1, -0.05) is 30.3 Å². The second-order valence-corrected chi connectivity index (χ2v) is 10.2. The van der Waals surface area contributed by atoms with Crippen molar-refractivity contribution in [3.05, 3.63) is 107 Å². The molecule has 3 aromatic rings. The second-order valence-electron chi connectivity index (χ2n) is 10.2. The van der Waals surface area contributed by atoms with E-state index in [1.807, 2.05) is 0 Å². The lowest BCUT2D eigenvalue weighted by Crippen LogP contribution is -2.47. The van der Waals surface area contributed by atoms with Crippen molar-refractivity contribution >= 4 is 11.7 Å². The number of amides is 1. The summed E-state index contributed by atoms with van der Waals surface area (Å²) >= 11 is 0. The number of likely N-dealkylation sites (tertiary alicyclic amines) is 1. The summed E-state index contributed by atoms with van der Waals surface area (Å²) in [6, 6.07) is 14.6. The van der Waals surface area contributed by atoms with Gasteiger partial charge in [0.05, 0.1) is 12.6 Å². The maximum absolute atomic E-state index is 14.2. The van der Waals surface area contributed by atoms with Crippen molar-refractivity contribution in [1.29, 1.82) is 0 Å². The molecule has 3 aromatic carbocycles. The maximum atomic E-state index is 14.2. The predicted molar refractivity (Wildman–Crippen MR) is 139 cm³/mol. The number of aliphatic imine (C=N–C) groups is 1. The fraction of sp³-hybridized carbons (Fsp3) is 0.333. The van der Waals surface area contributed by atoms with Gasteiger partial charge in [-0.25, -0.2) is 22.6 Å². The Morgan fingerprint density at radius 2 is 1.41 bits per heavy atom. The number of benzene rings is 3. The molecule has 9 heteroatoms. The summed E-state index contributed by atoms with van der Waals surface area (Å²) in [5.74, 6) is -2.12. The van der Waals surface area contributed by atoms with Crippen LogP contribution >= 0.6 is 0 Å². The Labute approximate surface area is 224 Å². The highest BCUT2D eigenvalue weighted by Crippen LogP contribution is 2.40. The minimum Gasteiger partial charge on any atom is -0.390 e. The van der Waals surface area contributed by atoms with E-state index >= 15 is 0 Å². The highest BCUT2D eigenvalue weighted by Gasteiger charge is 2.50. The molecule has 0 bridgehead atoms. The number of β-amino-alcohol motifs (C(OH)–C–C–N with tert-alkyl or cyclic N) is 1. The molecule has 1 unspecified atom stereocenters. The van der Waals surface area contributed by atoms with Crippen molar-refractivity contribution in [3.8, 4) is 0 Å². The van der Waals surface area contributed by atoms with Gasteiger partial charge in [-0.3, -0.25) is 9.69 Å². The van der Waals surface area contributed by atoms with Gasteiger partial charge < -0.3 is 10.0 Å². The number of rotatable bonds is 7. The Balaban J connectivity index is 1.28. The molecular weight excluding hydrogens is 510 g/mol. The largest absolute Gasteiger partial charge is 0.390 e. The van der Waals surface area contributed by atoms with Gasteiger partial charge in [0.15, 0.2) is 5.54 Å². The molecule has 0 radical (unpaired) electrons. The third-order valence-electron chi connectivity index (χ3n) is 7.65.